The average Bonchev–Trinajstić information content (AvgIpc) is 2.66. The van der Waals surface area contributed by atoms with Gasteiger partial charge in [0, 0.05) is 36.8 Å². The van der Waals surface area contributed by atoms with Gasteiger partial charge in [0.05, 0.1) is 17.9 Å². The molecule has 0 N–H and O–H groups in total. The summed E-state index contributed by atoms with van der Waals surface area (Å²) in [7, 11) is 0. The maximum Gasteiger partial charge on any atom is 0.258 e. The van der Waals surface area contributed by atoms with Crippen LogP contribution in [-0.2, 0) is 17.7 Å². The van der Waals surface area contributed by atoms with Gasteiger partial charge in [0.25, 0.3) is 5.91 Å². The van der Waals surface area contributed by atoms with Crippen LogP contribution in [0.5, 0.6) is 0 Å². The van der Waals surface area contributed by atoms with Gasteiger partial charge in [-0.05, 0) is 62.1 Å². The molecule has 6 heteroatoms. The highest BCUT2D eigenvalue weighted by atomic mass is 35.5. The molecule has 1 amide bonds. The Morgan fingerprint density at radius 3 is 2.55 bits per heavy atom. The molecule has 1 saturated heterocycles. The summed E-state index contributed by atoms with van der Waals surface area (Å²) in [6.07, 6.45) is 1.97. The molecule has 2 atom stereocenters. The lowest BCUT2D eigenvalue weighted by Crippen LogP contribution is -2.44. The number of rotatable bonds is 3. The maximum absolute atomic E-state index is 14.6. The van der Waals surface area contributed by atoms with Crippen molar-refractivity contribution in [1.29, 1.82) is 0 Å². The highest BCUT2D eigenvalue weighted by Crippen LogP contribution is 2.33. The number of morpholine rings is 1. The van der Waals surface area contributed by atoms with Crippen molar-refractivity contribution < 1.29 is 13.9 Å². The first-order valence-corrected chi connectivity index (χ1v) is 10.5. The van der Waals surface area contributed by atoms with E-state index < -0.39 is 5.82 Å². The molecule has 29 heavy (non-hydrogen) atoms. The average molecular weight is 417 g/mol. The molecule has 0 aliphatic carbocycles. The molecule has 0 aromatic heterocycles. The maximum atomic E-state index is 14.6. The fourth-order valence-electron chi connectivity index (χ4n) is 4.43. The molecule has 2 aromatic carbocycles. The van der Waals surface area contributed by atoms with Crippen molar-refractivity contribution in [3.63, 3.8) is 0 Å². The summed E-state index contributed by atoms with van der Waals surface area (Å²) >= 11 is 5.99. The number of halogens is 2. The van der Waals surface area contributed by atoms with Crippen molar-refractivity contribution in [3.05, 3.63) is 63.9 Å². The summed E-state index contributed by atoms with van der Waals surface area (Å²) in [5.74, 6) is -0.611. The fourth-order valence-corrected chi connectivity index (χ4v) is 4.66. The number of benzene rings is 2. The fraction of sp³-hybridized carbons (Fsp3) is 0.435. The Bertz CT molecular complexity index is 892. The Morgan fingerprint density at radius 1 is 1.17 bits per heavy atom. The zero-order valence-corrected chi connectivity index (χ0v) is 17.6. The van der Waals surface area contributed by atoms with Crippen molar-refractivity contribution in [2.24, 2.45) is 0 Å². The van der Waals surface area contributed by atoms with Gasteiger partial charge < -0.3 is 9.64 Å². The van der Waals surface area contributed by atoms with Crippen LogP contribution in [0.1, 0.15) is 41.8 Å². The Hall–Kier alpha value is -1.95. The molecule has 2 aromatic rings. The lowest BCUT2D eigenvalue weighted by Gasteiger charge is -2.35. The van der Waals surface area contributed by atoms with Gasteiger partial charge in [0.1, 0.15) is 5.82 Å². The number of amides is 1. The SMILES string of the molecule is CC1CN(Cc2ccc(C(=O)N3CCCc4cc(Cl)cc(F)c43)cc2)CC(C)O1. The molecule has 4 rings (SSSR count). The highest BCUT2D eigenvalue weighted by molar-refractivity contribution is 6.30. The van der Waals surface area contributed by atoms with Crippen LogP contribution in [0, 0.1) is 5.82 Å². The Kier molecular flexibility index (Phi) is 5.91. The number of fused-ring (bicyclic) bond motifs is 1. The zero-order chi connectivity index (χ0) is 20.5. The summed E-state index contributed by atoms with van der Waals surface area (Å²) in [6.45, 7) is 7.32. The van der Waals surface area contributed by atoms with Crippen molar-refractivity contribution in [1.82, 2.24) is 4.90 Å². The number of carbonyl (C=O) groups is 1. The van der Waals surface area contributed by atoms with Crippen molar-refractivity contribution in [3.8, 4) is 0 Å². The molecule has 0 saturated carbocycles. The molecule has 2 heterocycles. The quantitative estimate of drug-likeness (QED) is 0.728. The van der Waals surface area contributed by atoms with Crippen LogP contribution >= 0.6 is 11.6 Å². The molecular weight excluding hydrogens is 391 g/mol. The second-order valence-electron chi connectivity index (χ2n) is 8.10. The Morgan fingerprint density at radius 2 is 1.86 bits per heavy atom. The van der Waals surface area contributed by atoms with E-state index in [1.807, 2.05) is 24.3 Å². The van der Waals surface area contributed by atoms with Crippen LogP contribution in [0.15, 0.2) is 36.4 Å². The molecule has 1 fully saturated rings. The number of hydrogen-bond acceptors (Lipinski definition) is 3. The van der Waals surface area contributed by atoms with E-state index in [4.69, 9.17) is 16.3 Å². The number of hydrogen-bond donors (Lipinski definition) is 0. The van der Waals surface area contributed by atoms with E-state index in [0.717, 1.165) is 43.6 Å². The molecule has 0 radical (unpaired) electrons. The minimum Gasteiger partial charge on any atom is -0.373 e. The predicted octanol–water partition coefficient (Wildman–Crippen LogP) is 4.68. The zero-order valence-electron chi connectivity index (χ0n) is 16.8. The van der Waals surface area contributed by atoms with Gasteiger partial charge in [0.2, 0.25) is 0 Å². The number of nitrogens with zero attached hydrogens (tertiary/aromatic N) is 2. The number of anilines is 1. The van der Waals surface area contributed by atoms with Gasteiger partial charge in [0.15, 0.2) is 0 Å². The van der Waals surface area contributed by atoms with E-state index in [-0.39, 0.29) is 18.1 Å². The van der Waals surface area contributed by atoms with Crippen LogP contribution < -0.4 is 4.90 Å². The van der Waals surface area contributed by atoms with E-state index in [1.165, 1.54) is 6.07 Å². The van der Waals surface area contributed by atoms with Gasteiger partial charge in [-0.2, -0.15) is 0 Å². The predicted molar refractivity (Wildman–Crippen MR) is 113 cm³/mol. The molecule has 2 unspecified atom stereocenters. The highest BCUT2D eigenvalue weighted by Gasteiger charge is 2.27. The normalized spacial score (nSPS) is 22.4. The second-order valence-corrected chi connectivity index (χ2v) is 8.54. The summed E-state index contributed by atoms with van der Waals surface area (Å²) in [4.78, 5) is 17.0. The first-order valence-electron chi connectivity index (χ1n) is 10.2. The topological polar surface area (TPSA) is 32.8 Å². The van der Waals surface area contributed by atoms with E-state index in [1.54, 1.807) is 11.0 Å². The molecule has 2 aliphatic heterocycles. The van der Waals surface area contributed by atoms with Crippen LogP contribution in [0.4, 0.5) is 10.1 Å². The lowest BCUT2D eigenvalue weighted by atomic mass is 10.00. The lowest BCUT2D eigenvalue weighted by molar-refractivity contribution is -0.0704. The van der Waals surface area contributed by atoms with Gasteiger partial charge in [-0.15, -0.1) is 0 Å². The molecule has 2 aliphatic rings. The van der Waals surface area contributed by atoms with Gasteiger partial charge in [-0.1, -0.05) is 23.7 Å². The third-order valence-electron chi connectivity index (χ3n) is 5.55. The summed E-state index contributed by atoms with van der Waals surface area (Å²) in [5.41, 5.74) is 2.88. The first-order chi connectivity index (χ1) is 13.9. The van der Waals surface area contributed by atoms with Crippen molar-refractivity contribution in [2.45, 2.75) is 45.4 Å². The van der Waals surface area contributed by atoms with E-state index in [9.17, 15) is 9.18 Å². The van der Waals surface area contributed by atoms with Crippen LogP contribution in [0.25, 0.3) is 0 Å². The minimum atomic E-state index is -0.437. The van der Waals surface area contributed by atoms with Crippen molar-refractivity contribution in [2.75, 3.05) is 24.5 Å². The van der Waals surface area contributed by atoms with E-state index in [0.29, 0.717) is 22.8 Å². The third-order valence-corrected chi connectivity index (χ3v) is 5.77. The molecule has 154 valence electrons. The summed E-state index contributed by atoms with van der Waals surface area (Å²) < 4.78 is 20.3. The number of aryl methyl sites for hydroxylation is 1. The largest absolute Gasteiger partial charge is 0.373 e. The standard InChI is InChI=1S/C23H26ClFN2O2/c1-15-12-26(13-16(2)29-15)14-17-5-7-18(8-6-17)23(28)27-9-3-4-19-10-20(24)11-21(25)22(19)27/h5-8,10-11,15-16H,3-4,9,12-14H2,1-2H3. The Balaban J connectivity index is 1.50. The number of carbonyl (C=O) groups excluding carboxylic acids is 1. The summed E-state index contributed by atoms with van der Waals surface area (Å²) in [6, 6.07) is 10.7. The molecular formula is C23H26ClFN2O2. The van der Waals surface area contributed by atoms with Crippen LogP contribution in [0.3, 0.4) is 0 Å². The second kappa shape index (κ2) is 8.42. The van der Waals surface area contributed by atoms with Crippen molar-refractivity contribution >= 4 is 23.2 Å². The van der Waals surface area contributed by atoms with Crippen LogP contribution in [-0.4, -0.2) is 42.6 Å². The molecule has 4 nitrogen and oxygen atoms in total. The molecule has 0 bridgehead atoms. The smallest absolute Gasteiger partial charge is 0.258 e. The monoisotopic (exact) mass is 416 g/mol. The van der Waals surface area contributed by atoms with Crippen LogP contribution in [0.2, 0.25) is 5.02 Å². The third kappa shape index (κ3) is 4.47. The Labute approximate surface area is 176 Å². The number of ether oxygens (including phenoxy) is 1. The summed E-state index contributed by atoms with van der Waals surface area (Å²) in [5, 5.41) is 0.367. The minimum absolute atomic E-state index is 0.174. The van der Waals surface area contributed by atoms with Gasteiger partial charge in [-0.3, -0.25) is 9.69 Å². The van der Waals surface area contributed by atoms with Gasteiger partial charge in [-0.25, -0.2) is 4.39 Å². The molecule has 0 spiro atoms. The first kappa shape index (κ1) is 20.3. The van der Waals surface area contributed by atoms with Gasteiger partial charge >= 0.3 is 0 Å². The van der Waals surface area contributed by atoms with E-state index in [2.05, 4.69) is 18.7 Å². The van der Waals surface area contributed by atoms with E-state index >= 15 is 0 Å².